The van der Waals surface area contributed by atoms with Crippen molar-refractivity contribution in [1.29, 1.82) is 0 Å². The molecule has 0 saturated heterocycles. The summed E-state index contributed by atoms with van der Waals surface area (Å²) in [6.07, 6.45) is 1.92. The molecule has 2 aromatic rings. The van der Waals surface area contributed by atoms with Crippen LogP contribution in [0.5, 0.6) is 0 Å². The first kappa shape index (κ1) is 17.6. The minimum atomic E-state index is -3.41. The molecule has 6 heteroatoms. The summed E-state index contributed by atoms with van der Waals surface area (Å²) in [4.78, 5) is 13.4. The van der Waals surface area contributed by atoms with E-state index >= 15 is 0 Å². The van der Waals surface area contributed by atoms with E-state index in [1.807, 2.05) is 30.3 Å². The van der Waals surface area contributed by atoms with Gasteiger partial charge < -0.3 is 5.32 Å². The Labute approximate surface area is 141 Å². The smallest absolute Gasteiger partial charge is 0.252 e. The molecule has 0 aromatic heterocycles. The second-order valence-corrected chi connectivity index (χ2v) is 8.19. The van der Waals surface area contributed by atoms with Gasteiger partial charge in [-0.2, -0.15) is 0 Å². The van der Waals surface area contributed by atoms with E-state index in [9.17, 15) is 13.2 Å². The number of carbonyl (C=O) groups is 1. The van der Waals surface area contributed by atoms with Crippen molar-refractivity contribution in [2.45, 2.75) is 16.2 Å². The zero-order chi connectivity index (χ0) is 16.7. The van der Waals surface area contributed by atoms with Crippen molar-refractivity contribution in [3.63, 3.8) is 0 Å². The molecule has 0 radical (unpaired) electrons. The van der Waals surface area contributed by atoms with E-state index in [1.165, 1.54) is 17.0 Å². The van der Waals surface area contributed by atoms with Crippen molar-refractivity contribution >= 4 is 27.5 Å². The number of hydrogen-bond donors (Lipinski definition) is 1. The quantitative estimate of drug-likeness (QED) is 0.616. The predicted molar refractivity (Wildman–Crippen MR) is 93.7 cm³/mol. The lowest BCUT2D eigenvalue weighted by atomic mass is 10.2. The van der Waals surface area contributed by atoms with Gasteiger partial charge in [0.15, 0.2) is 9.84 Å². The first-order valence-electron chi connectivity index (χ1n) is 7.23. The summed E-state index contributed by atoms with van der Waals surface area (Å²) >= 11 is 1.73. The molecule has 0 spiro atoms. The van der Waals surface area contributed by atoms with Crippen molar-refractivity contribution in [2.75, 3.05) is 18.6 Å². The Bertz CT molecular complexity index is 758. The molecular weight excluding hydrogens is 330 g/mol. The van der Waals surface area contributed by atoms with Crippen LogP contribution in [0.4, 0.5) is 0 Å². The lowest BCUT2D eigenvalue weighted by Gasteiger charge is -2.09. The average molecular weight is 349 g/mol. The summed E-state index contributed by atoms with van der Waals surface area (Å²) in [5, 5.41) is 2.78. The van der Waals surface area contributed by atoms with Crippen LogP contribution < -0.4 is 5.32 Å². The van der Waals surface area contributed by atoms with E-state index in [2.05, 4.69) is 5.32 Å². The van der Waals surface area contributed by atoms with E-state index in [0.717, 1.165) is 18.4 Å². The Balaban J connectivity index is 1.84. The van der Waals surface area contributed by atoms with E-state index in [1.54, 1.807) is 23.9 Å². The molecule has 0 heterocycles. The summed E-state index contributed by atoms with van der Waals surface area (Å²) in [5.41, 5.74) is 0.200. The monoisotopic (exact) mass is 349 g/mol. The van der Waals surface area contributed by atoms with Crippen molar-refractivity contribution in [3.05, 3.63) is 60.2 Å². The first-order chi connectivity index (χ1) is 11.0. The molecule has 0 aliphatic carbocycles. The number of nitrogens with one attached hydrogen (secondary N) is 1. The fourth-order valence-electron chi connectivity index (χ4n) is 2.05. The zero-order valence-corrected chi connectivity index (χ0v) is 14.5. The van der Waals surface area contributed by atoms with Gasteiger partial charge in [0.2, 0.25) is 0 Å². The molecule has 1 N–H and O–H groups in total. The summed E-state index contributed by atoms with van der Waals surface area (Å²) in [5.74, 6) is 0.536. The van der Waals surface area contributed by atoms with Crippen LogP contribution in [0.3, 0.4) is 0 Å². The van der Waals surface area contributed by atoms with Crippen LogP contribution in [0.25, 0.3) is 0 Å². The molecule has 1 amide bonds. The third-order valence-corrected chi connectivity index (χ3v) is 5.40. The maximum absolute atomic E-state index is 12.2. The first-order valence-corrected chi connectivity index (χ1v) is 10.1. The topological polar surface area (TPSA) is 63.2 Å². The SMILES string of the molecule is CS(=O)(=O)c1ccccc1C(=O)NCCCSc1ccccc1. The summed E-state index contributed by atoms with van der Waals surface area (Å²) in [6.45, 7) is 0.511. The number of sulfone groups is 1. The van der Waals surface area contributed by atoms with E-state index in [4.69, 9.17) is 0 Å². The molecule has 2 rings (SSSR count). The molecule has 0 fully saturated rings. The summed E-state index contributed by atoms with van der Waals surface area (Å²) in [7, 11) is -3.41. The Morgan fingerprint density at radius 2 is 1.70 bits per heavy atom. The highest BCUT2D eigenvalue weighted by atomic mass is 32.2. The van der Waals surface area contributed by atoms with Crippen LogP contribution in [0, 0.1) is 0 Å². The standard InChI is InChI=1S/C17H19NO3S2/c1-23(20,21)16-11-6-5-10-15(16)17(19)18-12-7-13-22-14-8-3-2-4-9-14/h2-6,8-11H,7,12-13H2,1H3,(H,18,19). The minimum Gasteiger partial charge on any atom is -0.352 e. The number of benzene rings is 2. The van der Waals surface area contributed by atoms with Gasteiger partial charge in [-0.3, -0.25) is 4.79 Å². The highest BCUT2D eigenvalue weighted by Crippen LogP contribution is 2.18. The van der Waals surface area contributed by atoms with E-state index in [0.29, 0.717) is 6.54 Å². The number of rotatable bonds is 7. The molecular formula is C17H19NO3S2. The predicted octanol–water partition coefficient (Wildman–Crippen LogP) is 3.00. The van der Waals surface area contributed by atoms with Crippen LogP contribution in [0.1, 0.15) is 16.8 Å². The summed E-state index contributed by atoms with van der Waals surface area (Å²) in [6, 6.07) is 16.3. The van der Waals surface area contributed by atoms with E-state index < -0.39 is 9.84 Å². The second-order valence-electron chi connectivity index (χ2n) is 5.04. The molecule has 0 aliphatic rings. The lowest BCUT2D eigenvalue weighted by Crippen LogP contribution is -2.26. The van der Waals surface area contributed by atoms with Crippen molar-refractivity contribution in [2.24, 2.45) is 0 Å². The maximum atomic E-state index is 12.2. The lowest BCUT2D eigenvalue weighted by molar-refractivity contribution is 0.0950. The van der Waals surface area contributed by atoms with Crippen molar-refractivity contribution in [1.82, 2.24) is 5.32 Å². The van der Waals surface area contributed by atoms with Crippen LogP contribution in [-0.2, 0) is 9.84 Å². The normalized spacial score (nSPS) is 11.2. The van der Waals surface area contributed by atoms with Gasteiger partial charge in [0.05, 0.1) is 10.5 Å². The molecule has 0 saturated carbocycles. The zero-order valence-electron chi connectivity index (χ0n) is 12.9. The van der Waals surface area contributed by atoms with Gasteiger partial charge in [0.1, 0.15) is 0 Å². The Morgan fingerprint density at radius 1 is 1.04 bits per heavy atom. The summed E-state index contributed by atoms with van der Waals surface area (Å²) < 4.78 is 23.4. The highest BCUT2D eigenvalue weighted by Gasteiger charge is 2.17. The van der Waals surface area contributed by atoms with Crippen LogP contribution in [0.2, 0.25) is 0 Å². The van der Waals surface area contributed by atoms with Gasteiger partial charge in [-0.05, 0) is 36.4 Å². The van der Waals surface area contributed by atoms with Crippen LogP contribution in [-0.4, -0.2) is 32.9 Å². The van der Waals surface area contributed by atoms with Crippen LogP contribution >= 0.6 is 11.8 Å². The number of thioether (sulfide) groups is 1. The fourth-order valence-corrected chi connectivity index (χ4v) is 3.81. The van der Waals surface area contributed by atoms with Gasteiger partial charge in [-0.1, -0.05) is 30.3 Å². The molecule has 0 aliphatic heterocycles. The molecule has 4 nitrogen and oxygen atoms in total. The molecule has 23 heavy (non-hydrogen) atoms. The highest BCUT2D eigenvalue weighted by molar-refractivity contribution is 7.99. The third-order valence-electron chi connectivity index (χ3n) is 3.15. The fraction of sp³-hybridized carbons (Fsp3) is 0.235. The Hall–Kier alpha value is -1.79. The number of hydrogen-bond acceptors (Lipinski definition) is 4. The molecule has 0 bridgehead atoms. The second kappa shape index (κ2) is 8.17. The minimum absolute atomic E-state index is 0.0659. The molecule has 0 unspecified atom stereocenters. The van der Waals surface area contributed by atoms with Crippen LogP contribution in [0.15, 0.2) is 64.4 Å². The Morgan fingerprint density at radius 3 is 2.39 bits per heavy atom. The molecule has 2 aromatic carbocycles. The maximum Gasteiger partial charge on any atom is 0.252 e. The van der Waals surface area contributed by atoms with Crippen molar-refractivity contribution < 1.29 is 13.2 Å². The van der Waals surface area contributed by atoms with Gasteiger partial charge in [-0.15, -0.1) is 11.8 Å². The number of amides is 1. The van der Waals surface area contributed by atoms with Gasteiger partial charge in [-0.25, -0.2) is 8.42 Å². The number of carbonyl (C=O) groups excluding carboxylic acids is 1. The van der Waals surface area contributed by atoms with Crippen molar-refractivity contribution in [3.8, 4) is 0 Å². The van der Waals surface area contributed by atoms with E-state index in [-0.39, 0.29) is 16.4 Å². The van der Waals surface area contributed by atoms with Gasteiger partial charge in [0, 0.05) is 17.7 Å². The third kappa shape index (κ3) is 5.41. The van der Waals surface area contributed by atoms with Gasteiger partial charge >= 0.3 is 0 Å². The Kier molecular flexibility index (Phi) is 6.24. The molecule has 0 atom stereocenters. The average Bonchev–Trinajstić information content (AvgIpc) is 2.54. The largest absolute Gasteiger partial charge is 0.352 e. The molecule has 122 valence electrons. The van der Waals surface area contributed by atoms with Gasteiger partial charge in [0.25, 0.3) is 5.91 Å².